The molecule has 2 heterocycles. The monoisotopic (exact) mass is 254 g/mol. The zero-order valence-corrected chi connectivity index (χ0v) is 10.0. The van der Waals surface area contributed by atoms with E-state index in [4.69, 9.17) is 0 Å². The van der Waals surface area contributed by atoms with Gasteiger partial charge in [-0.2, -0.15) is 0 Å². The summed E-state index contributed by atoms with van der Waals surface area (Å²) in [6.07, 6.45) is 2.96. The SMILES string of the molecule is Cl.Cl.O=C1CC2(CCNCC2)CC(=O)N1. The molecule has 2 fully saturated rings. The number of carbonyl (C=O) groups is 2. The first-order chi connectivity index (χ1) is 6.20. The van der Waals surface area contributed by atoms with Crippen molar-refractivity contribution in [2.75, 3.05) is 13.1 Å². The third-order valence-corrected chi connectivity index (χ3v) is 3.01. The number of carbonyl (C=O) groups excluding carboxylic acids is 2. The van der Waals surface area contributed by atoms with Crippen LogP contribution in [0.2, 0.25) is 0 Å². The van der Waals surface area contributed by atoms with Crippen molar-refractivity contribution in [2.24, 2.45) is 5.41 Å². The van der Waals surface area contributed by atoms with Gasteiger partial charge >= 0.3 is 0 Å². The van der Waals surface area contributed by atoms with Gasteiger partial charge in [-0.05, 0) is 31.3 Å². The number of halogens is 2. The van der Waals surface area contributed by atoms with Crippen molar-refractivity contribution in [3.63, 3.8) is 0 Å². The summed E-state index contributed by atoms with van der Waals surface area (Å²) in [7, 11) is 0. The summed E-state index contributed by atoms with van der Waals surface area (Å²) in [5.74, 6) is -0.198. The Labute approximate surface area is 101 Å². The Morgan fingerprint density at radius 3 is 1.87 bits per heavy atom. The van der Waals surface area contributed by atoms with Gasteiger partial charge in [0.15, 0.2) is 0 Å². The Morgan fingerprint density at radius 2 is 1.40 bits per heavy atom. The maximum atomic E-state index is 11.2. The molecule has 0 atom stereocenters. The topological polar surface area (TPSA) is 58.2 Å². The third-order valence-electron chi connectivity index (χ3n) is 3.01. The molecule has 6 heteroatoms. The minimum absolute atomic E-state index is 0. The fraction of sp³-hybridized carbons (Fsp3) is 0.778. The van der Waals surface area contributed by atoms with Crippen molar-refractivity contribution in [3.8, 4) is 0 Å². The van der Waals surface area contributed by atoms with Crippen LogP contribution in [-0.4, -0.2) is 24.9 Å². The maximum Gasteiger partial charge on any atom is 0.227 e. The van der Waals surface area contributed by atoms with Gasteiger partial charge in [-0.25, -0.2) is 0 Å². The van der Waals surface area contributed by atoms with Gasteiger partial charge in [0.05, 0.1) is 0 Å². The van der Waals surface area contributed by atoms with Crippen LogP contribution >= 0.6 is 24.8 Å². The lowest BCUT2D eigenvalue weighted by Gasteiger charge is -2.39. The van der Waals surface area contributed by atoms with E-state index in [1.807, 2.05) is 0 Å². The van der Waals surface area contributed by atoms with Gasteiger partial charge in [0.2, 0.25) is 11.8 Å². The number of amides is 2. The number of hydrogen-bond acceptors (Lipinski definition) is 3. The maximum absolute atomic E-state index is 11.2. The lowest BCUT2D eigenvalue weighted by atomic mass is 9.71. The zero-order valence-electron chi connectivity index (χ0n) is 8.38. The Hall–Kier alpha value is -0.320. The molecule has 0 radical (unpaired) electrons. The minimum Gasteiger partial charge on any atom is -0.317 e. The quantitative estimate of drug-likeness (QED) is 0.624. The van der Waals surface area contributed by atoms with E-state index in [2.05, 4.69) is 10.6 Å². The van der Waals surface area contributed by atoms with Gasteiger partial charge in [0, 0.05) is 12.8 Å². The molecule has 0 bridgehead atoms. The Bertz CT molecular complexity index is 234. The van der Waals surface area contributed by atoms with E-state index in [1.165, 1.54) is 0 Å². The second kappa shape index (κ2) is 5.68. The number of nitrogens with one attached hydrogen (secondary N) is 2. The highest BCUT2D eigenvalue weighted by molar-refractivity contribution is 5.98. The van der Waals surface area contributed by atoms with Crippen LogP contribution in [0.15, 0.2) is 0 Å². The Morgan fingerprint density at radius 1 is 0.933 bits per heavy atom. The first kappa shape index (κ1) is 14.7. The zero-order chi connectivity index (χ0) is 9.31. The molecule has 1 spiro atoms. The molecule has 2 amide bonds. The number of hydrogen-bond donors (Lipinski definition) is 2. The van der Waals surface area contributed by atoms with Crippen LogP contribution in [0.1, 0.15) is 25.7 Å². The van der Waals surface area contributed by atoms with Crippen molar-refractivity contribution >= 4 is 36.6 Å². The van der Waals surface area contributed by atoms with Gasteiger partial charge in [-0.3, -0.25) is 14.9 Å². The Kier molecular flexibility index (Phi) is 5.56. The number of imide groups is 1. The molecule has 2 aliphatic rings. The van der Waals surface area contributed by atoms with Gasteiger partial charge in [0.1, 0.15) is 0 Å². The molecular formula is C9H16Cl2N2O2. The van der Waals surface area contributed by atoms with Crippen LogP contribution in [0.4, 0.5) is 0 Å². The summed E-state index contributed by atoms with van der Waals surface area (Å²) in [6.45, 7) is 1.86. The summed E-state index contributed by atoms with van der Waals surface area (Å²) in [5, 5.41) is 5.60. The van der Waals surface area contributed by atoms with E-state index in [0.29, 0.717) is 12.8 Å². The van der Waals surface area contributed by atoms with Crippen LogP contribution in [0.25, 0.3) is 0 Å². The molecule has 0 unspecified atom stereocenters. The summed E-state index contributed by atoms with van der Waals surface area (Å²) in [6, 6.07) is 0. The van der Waals surface area contributed by atoms with Crippen LogP contribution < -0.4 is 10.6 Å². The fourth-order valence-corrected chi connectivity index (χ4v) is 2.30. The molecule has 2 N–H and O–H groups in total. The average molecular weight is 255 g/mol. The highest BCUT2D eigenvalue weighted by Crippen LogP contribution is 2.38. The summed E-state index contributed by atoms with van der Waals surface area (Å²) >= 11 is 0. The predicted octanol–water partition coefficient (Wildman–Crippen LogP) is 0.636. The van der Waals surface area contributed by atoms with Crippen molar-refractivity contribution in [2.45, 2.75) is 25.7 Å². The summed E-state index contributed by atoms with van der Waals surface area (Å²) < 4.78 is 0. The van der Waals surface area contributed by atoms with E-state index in [9.17, 15) is 9.59 Å². The molecule has 0 saturated carbocycles. The molecule has 2 saturated heterocycles. The molecule has 88 valence electrons. The van der Waals surface area contributed by atoms with Crippen molar-refractivity contribution in [1.29, 1.82) is 0 Å². The molecular weight excluding hydrogens is 239 g/mol. The van der Waals surface area contributed by atoms with E-state index in [0.717, 1.165) is 25.9 Å². The highest BCUT2D eigenvalue weighted by Gasteiger charge is 2.40. The smallest absolute Gasteiger partial charge is 0.227 e. The molecule has 15 heavy (non-hydrogen) atoms. The van der Waals surface area contributed by atoms with Gasteiger partial charge in [-0.1, -0.05) is 0 Å². The molecule has 2 aliphatic heterocycles. The van der Waals surface area contributed by atoms with E-state index >= 15 is 0 Å². The first-order valence-electron chi connectivity index (χ1n) is 4.74. The largest absolute Gasteiger partial charge is 0.317 e. The summed E-state index contributed by atoms with van der Waals surface area (Å²) in [5.41, 5.74) is -0.0231. The first-order valence-corrected chi connectivity index (χ1v) is 4.74. The van der Waals surface area contributed by atoms with Crippen molar-refractivity contribution in [1.82, 2.24) is 10.6 Å². The lowest BCUT2D eigenvalue weighted by Crippen LogP contribution is -2.48. The van der Waals surface area contributed by atoms with Crippen LogP contribution in [0.3, 0.4) is 0 Å². The second-order valence-corrected chi connectivity index (χ2v) is 4.07. The molecule has 4 nitrogen and oxygen atoms in total. The van der Waals surface area contributed by atoms with Gasteiger partial charge < -0.3 is 5.32 Å². The van der Waals surface area contributed by atoms with Gasteiger partial charge in [-0.15, -0.1) is 24.8 Å². The summed E-state index contributed by atoms with van der Waals surface area (Å²) in [4.78, 5) is 22.4. The molecule has 0 aromatic heterocycles. The van der Waals surface area contributed by atoms with Crippen LogP contribution in [0.5, 0.6) is 0 Å². The lowest BCUT2D eigenvalue weighted by molar-refractivity contribution is -0.138. The Balaban J connectivity index is 0.000000980. The molecule has 2 rings (SSSR count). The standard InChI is InChI=1S/C9H14N2O2.2ClH/c12-7-5-9(6-8(13)11-7)1-3-10-4-2-9;;/h10H,1-6H2,(H,11,12,13);2*1H. The van der Waals surface area contributed by atoms with Gasteiger partial charge in [0.25, 0.3) is 0 Å². The molecule has 0 aromatic carbocycles. The highest BCUT2D eigenvalue weighted by atomic mass is 35.5. The predicted molar refractivity (Wildman–Crippen MR) is 61.4 cm³/mol. The van der Waals surface area contributed by atoms with Crippen molar-refractivity contribution in [3.05, 3.63) is 0 Å². The number of piperidine rings is 2. The fourth-order valence-electron chi connectivity index (χ4n) is 2.30. The minimum atomic E-state index is -0.0989. The van der Waals surface area contributed by atoms with Crippen LogP contribution in [-0.2, 0) is 9.59 Å². The second-order valence-electron chi connectivity index (χ2n) is 4.07. The van der Waals surface area contributed by atoms with Crippen molar-refractivity contribution < 1.29 is 9.59 Å². The number of rotatable bonds is 0. The van der Waals surface area contributed by atoms with E-state index < -0.39 is 0 Å². The third kappa shape index (κ3) is 3.33. The molecule has 0 aromatic rings. The van der Waals surface area contributed by atoms with Crippen LogP contribution in [0, 0.1) is 5.41 Å². The molecule has 0 aliphatic carbocycles. The van der Waals surface area contributed by atoms with E-state index in [1.54, 1.807) is 0 Å². The normalized spacial score (nSPS) is 23.7. The average Bonchev–Trinajstić information content (AvgIpc) is 2.02. The van der Waals surface area contributed by atoms with E-state index in [-0.39, 0.29) is 42.0 Å².